The van der Waals surface area contributed by atoms with Gasteiger partial charge in [-0.25, -0.2) is 4.79 Å². The lowest BCUT2D eigenvalue weighted by molar-refractivity contribution is -0.132. The van der Waals surface area contributed by atoms with Crippen molar-refractivity contribution < 1.29 is 14.6 Å². The zero-order valence-electron chi connectivity index (χ0n) is 14.6. The van der Waals surface area contributed by atoms with E-state index in [9.17, 15) is 9.90 Å². The van der Waals surface area contributed by atoms with Crippen molar-refractivity contribution in [3.8, 4) is 0 Å². The van der Waals surface area contributed by atoms with Crippen LogP contribution in [0, 0.1) is 5.41 Å². The van der Waals surface area contributed by atoms with E-state index in [1.165, 1.54) is 16.7 Å². The van der Waals surface area contributed by atoms with E-state index in [1.54, 1.807) is 0 Å². The lowest BCUT2D eigenvalue weighted by atomic mass is 9.85. The molecule has 3 N–H and O–H groups in total. The van der Waals surface area contributed by atoms with Crippen LogP contribution in [0.15, 0.2) is 18.2 Å². The van der Waals surface area contributed by atoms with Crippen molar-refractivity contribution in [2.45, 2.75) is 45.1 Å². The van der Waals surface area contributed by atoms with Crippen LogP contribution in [-0.4, -0.2) is 37.5 Å². The van der Waals surface area contributed by atoms with Crippen molar-refractivity contribution in [3.63, 3.8) is 0 Å². The number of carbonyl (C=O) groups is 1. The third kappa shape index (κ3) is 3.57. The van der Waals surface area contributed by atoms with Gasteiger partial charge in [-0.3, -0.25) is 0 Å². The minimum Gasteiger partial charge on any atom is -0.396 e. The predicted molar refractivity (Wildman–Crippen MR) is 93.1 cm³/mol. The number of hydrogen-bond donors (Lipinski definition) is 3. The monoisotopic (exact) mass is 332 g/mol. The molecule has 24 heavy (non-hydrogen) atoms. The largest absolute Gasteiger partial charge is 0.396 e. The molecule has 0 bridgehead atoms. The van der Waals surface area contributed by atoms with Crippen LogP contribution < -0.4 is 10.6 Å². The van der Waals surface area contributed by atoms with Crippen molar-refractivity contribution in [1.29, 1.82) is 0 Å². The van der Waals surface area contributed by atoms with Crippen molar-refractivity contribution in [1.82, 2.24) is 10.6 Å². The van der Waals surface area contributed by atoms with E-state index < -0.39 is 0 Å². The van der Waals surface area contributed by atoms with Gasteiger partial charge in [0, 0.05) is 6.54 Å². The smallest absolute Gasteiger partial charge is 0.315 e. The van der Waals surface area contributed by atoms with Crippen LogP contribution in [0.5, 0.6) is 0 Å². The number of aliphatic hydroxyl groups excluding tert-OH is 1. The minimum absolute atomic E-state index is 0.0390. The maximum Gasteiger partial charge on any atom is 0.315 e. The second-order valence-corrected chi connectivity index (χ2v) is 7.54. The van der Waals surface area contributed by atoms with Crippen LogP contribution >= 0.6 is 0 Å². The van der Waals surface area contributed by atoms with Crippen molar-refractivity contribution in [2.75, 3.05) is 26.4 Å². The summed E-state index contributed by atoms with van der Waals surface area (Å²) in [4.78, 5) is 12.3. The molecule has 5 heteroatoms. The minimum atomic E-state index is -0.299. The Kier molecular flexibility index (Phi) is 5.11. The van der Waals surface area contributed by atoms with Gasteiger partial charge in [0.15, 0.2) is 0 Å². The van der Waals surface area contributed by atoms with Crippen LogP contribution in [0.25, 0.3) is 0 Å². The summed E-state index contributed by atoms with van der Waals surface area (Å²) in [6, 6.07) is 6.56. The van der Waals surface area contributed by atoms with Crippen LogP contribution in [0.2, 0.25) is 0 Å². The summed E-state index contributed by atoms with van der Waals surface area (Å²) in [5.74, 6) is 0.481. The second-order valence-electron chi connectivity index (χ2n) is 7.54. The van der Waals surface area contributed by atoms with Gasteiger partial charge in [-0.15, -0.1) is 0 Å². The Hall–Kier alpha value is -1.59. The molecule has 2 aliphatic rings. The zero-order valence-corrected chi connectivity index (χ0v) is 14.6. The van der Waals surface area contributed by atoms with E-state index in [1.807, 2.05) is 0 Å². The quantitative estimate of drug-likeness (QED) is 0.776. The van der Waals surface area contributed by atoms with E-state index in [0.717, 1.165) is 19.3 Å². The highest BCUT2D eigenvalue weighted by molar-refractivity contribution is 5.74. The molecule has 1 heterocycles. The summed E-state index contributed by atoms with van der Waals surface area (Å²) in [5, 5.41) is 15.4. The molecule has 0 radical (unpaired) electrons. The van der Waals surface area contributed by atoms with Gasteiger partial charge in [0.25, 0.3) is 0 Å². The number of amides is 2. The van der Waals surface area contributed by atoms with Crippen molar-refractivity contribution >= 4 is 6.03 Å². The number of aliphatic hydroxyl groups is 1. The Balaban J connectivity index is 1.63. The number of carbonyl (C=O) groups excluding carboxylic acids is 1. The summed E-state index contributed by atoms with van der Waals surface area (Å²) in [6.45, 7) is 5.88. The number of nitrogens with one attached hydrogen (secondary N) is 2. The maximum atomic E-state index is 12.3. The number of hydrogen-bond acceptors (Lipinski definition) is 3. The van der Waals surface area contributed by atoms with Crippen molar-refractivity contribution in [3.05, 3.63) is 34.9 Å². The third-order valence-electron chi connectivity index (χ3n) is 5.23. The summed E-state index contributed by atoms with van der Waals surface area (Å²) in [5.41, 5.74) is 3.61. The van der Waals surface area contributed by atoms with E-state index in [4.69, 9.17) is 4.74 Å². The van der Waals surface area contributed by atoms with E-state index in [-0.39, 0.29) is 24.1 Å². The van der Waals surface area contributed by atoms with Crippen LogP contribution in [-0.2, 0) is 11.2 Å². The maximum absolute atomic E-state index is 12.3. The number of aryl methyl sites for hydroxylation is 1. The standard InChI is InChI=1S/C19H28N2O3/c1-13(2)15-7-6-14-4-3-5-17(16(14)8-15)21-18(23)20-9-19(10-22)11-24-12-19/h6-8,13,17,22H,3-5,9-12H2,1-2H3,(H2,20,21,23)/t17-/m1/s1. The molecule has 0 spiro atoms. The number of fused-ring (bicyclic) bond motifs is 1. The molecule has 5 nitrogen and oxygen atoms in total. The Morgan fingerprint density at radius 3 is 2.83 bits per heavy atom. The highest BCUT2D eigenvalue weighted by Gasteiger charge is 2.38. The topological polar surface area (TPSA) is 70.6 Å². The molecular weight excluding hydrogens is 304 g/mol. The van der Waals surface area contributed by atoms with E-state index in [2.05, 4.69) is 42.7 Å². The number of ether oxygens (including phenoxy) is 1. The molecule has 3 rings (SSSR count). The first kappa shape index (κ1) is 17.2. The fraction of sp³-hybridized carbons (Fsp3) is 0.632. The van der Waals surface area contributed by atoms with Gasteiger partial charge in [0.05, 0.1) is 31.3 Å². The van der Waals surface area contributed by atoms with E-state index in [0.29, 0.717) is 25.7 Å². The van der Waals surface area contributed by atoms with Crippen molar-refractivity contribution in [2.24, 2.45) is 5.41 Å². The molecule has 1 atom stereocenters. The highest BCUT2D eigenvalue weighted by Crippen LogP contribution is 2.32. The summed E-state index contributed by atoms with van der Waals surface area (Å²) < 4.78 is 5.16. The van der Waals surface area contributed by atoms with Crippen LogP contribution in [0.1, 0.15) is 55.3 Å². The normalized spacial score (nSPS) is 21.8. The van der Waals surface area contributed by atoms with Gasteiger partial charge in [0.1, 0.15) is 0 Å². The average molecular weight is 332 g/mol. The van der Waals surface area contributed by atoms with Gasteiger partial charge >= 0.3 is 6.03 Å². The first-order chi connectivity index (χ1) is 11.5. The molecule has 1 aliphatic carbocycles. The molecule has 2 amide bonds. The predicted octanol–water partition coefficient (Wildman–Crippen LogP) is 2.50. The lowest BCUT2D eigenvalue weighted by Gasteiger charge is -2.40. The molecule has 1 aromatic rings. The van der Waals surface area contributed by atoms with Gasteiger partial charge in [0.2, 0.25) is 0 Å². The molecule has 0 saturated carbocycles. The van der Waals surface area contributed by atoms with Crippen LogP contribution in [0.4, 0.5) is 4.79 Å². The number of benzene rings is 1. The highest BCUT2D eigenvalue weighted by atomic mass is 16.5. The Bertz CT molecular complexity index is 591. The summed E-state index contributed by atoms with van der Waals surface area (Å²) >= 11 is 0. The SMILES string of the molecule is CC(C)c1ccc2c(c1)[C@H](NC(=O)NCC1(CO)COC1)CCC2. The molecule has 132 valence electrons. The molecule has 1 aromatic carbocycles. The number of urea groups is 1. The average Bonchev–Trinajstić information content (AvgIpc) is 2.54. The molecule has 1 fully saturated rings. The van der Waals surface area contributed by atoms with E-state index >= 15 is 0 Å². The Labute approximate surface area is 143 Å². The molecule has 0 unspecified atom stereocenters. The summed E-state index contributed by atoms with van der Waals surface area (Å²) in [7, 11) is 0. The Morgan fingerprint density at radius 1 is 1.42 bits per heavy atom. The third-order valence-corrected chi connectivity index (χ3v) is 5.23. The molecular formula is C19H28N2O3. The summed E-state index contributed by atoms with van der Waals surface area (Å²) in [6.07, 6.45) is 3.14. The number of rotatable bonds is 5. The van der Waals surface area contributed by atoms with Gasteiger partial charge < -0.3 is 20.5 Å². The molecule has 1 saturated heterocycles. The second kappa shape index (κ2) is 7.11. The van der Waals surface area contributed by atoms with Gasteiger partial charge in [-0.05, 0) is 41.9 Å². The molecule has 0 aromatic heterocycles. The fourth-order valence-electron chi connectivity index (χ4n) is 3.44. The zero-order chi connectivity index (χ0) is 17.2. The first-order valence-corrected chi connectivity index (χ1v) is 8.89. The fourth-order valence-corrected chi connectivity index (χ4v) is 3.44. The first-order valence-electron chi connectivity index (χ1n) is 8.89. The molecule has 1 aliphatic heterocycles. The van der Waals surface area contributed by atoms with Gasteiger partial charge in [-0.2, -0.15) is 0 Å². The lowest BCUT2D eigenvalue weighted by Crippen LogP contribution is -2.54. The van der Waals surface area contributed by atoms with Gasteiger partial charge in [-0.1, -0.05) is 32.0 Å². The Morgan fingerprint density at radius 2 is 2.21 bits per heavy atom. The van der Waals surface area contributed by atoms with Crippen LogP contribution in [0.3, 0.4) is 0 Å².